The van der Waals surface area contributed by atoms with E-state index in [-0.39, 0.29) is 32.0 Å². The van der Waals surface area contributed by atoms with Crippen LogP contribution in [0.4, 0.5) is 4.79 Å². The van der Waals surface area contributed by atoms with Gasteiger partial charge < -0.3 is 23.7 Å². The summed E-state index contributed by atoms with van der Waals surface area (Å²) in [6.07, 6.45) is 21.6. The smallest absolute Gasteiger partial charge is 0.492 e. The SMILES string of the molecule is C=C(C)C(=O)OCCCCc1cc(-c2ccc(-c3ccc(C4CCC(CCCCCCCCCCC)CC4)cc3)cc2CC)ccc1OCC1(COC(=O)C(=C)C)COC(=O)OC1. The summed E-state index contributed by atoms with van der Waals surface area (Å²) in [4.78, 5) is 36.1. The summed E-state index contributed by atoms with van der Waals surface area (Å²) in [7, 11) is 0. The van der Waals surface area contributed by atoms with E-state index in [2.05, 4.69) is 81.6 Å². The molecule has 3 aromatic rings. The summed E-state index contributed by atoms with van der Waals surface area (Å²) in [6, 6.07) is 22.3. The first kappa shape index (κ1) is 49.2. The Morgan fingerprint density at radius 3 is 1.92 bits per heavy atom. The summed E-state index contributed by atoms with van der Waals surface area (Å²) in [6.45, 7) is 15.3. The molecule has 8 heteroatoms. The fourth-order valence-electron chi connectivity index (χ4n) is 8.90. The minimum Gasteiger partial charge on any atom is -0.492 e. The van der Waals surface area contributed by atoms with Crippen LogP contribution in [0.3, 0.4) is 0 Å². The van der Waals surface area contributed by atoms with Crippen molar-refractivity contribution in [3.8, 4) is 28.0 Å². The molecule has 0 unspecified atom stereocenters. The zero-order valence-electron chi connectivity index (χ0n) is 38.9. The van der Waals surface area contributed by atoms with Crippen molar-refractivity contribution in [1.82, 2.24) is 0 Å². The second-order valence-corrected chi connectivity index (χ2v) is 18.4. The van der Waals surface area contributed by atoms with Gasteiger partial charge in [-0.25, -0.2) is 14.4 Å². The monoisotopic (exact) mass is 863 g/mol. The first-order valence-corrected chi connectivity index (χ1v) is 23.9. The lowest BCUT2D eigenvalue weighted by atomic mass is 9.77. The average Bonchev–Trinajstić information content (AvgIpc) is 3.30. The fraction of sp³-hybridized carbons (Fsp3) is 0.545. The molecule has 0 radical (unpaired) electrons. The lowest BCUT2D eigenvalue weighted by Crippen LogP contribution is -2.47. The van der Waals surface area contributed by atoms with E-state index in [1.165, 1.54) is 112 Å². The van der Waals surface area contributed by atoms with Crippen molar-refractivity contribution >= 4 is 18.1 Å². The van der Waals surface area contributed by atoms with Crippen LogP contribution >= 0.6 is 0 Å². The van der Waals surface area contributed by atoms with Gasteiger partial charge in [-0.3, -0.25) is 0 Å². The van der Waals surface area contributed by atoms with E-state index >= 15 is 0 Å². The molecule has 0 spiro atoms. The van der Waals surface area contributed by atoms with Crippen molar-refractivity contribution in [2.45, 2.75) is 149 Å². The molecule has 5 rings (SSSR count). The van der Waals surface area contributed by atoms with Crippen LogP contribution in [0.5, 0.6) is 5.75 Å². The van der Waals surface area contributed by atoms with E-state index in [0.717, 1.165) is 35.4 Å². The molecule has 342 valence electrons. The third-order valence-corrected chi connectivity index (χ3v) is 12.9. The predicted octanol–water partition coefficient (Wildman–Crippen LogP) is 13.9. The van der Waals surface area contributed by atoms with Gasteiger partial charge in [0.25, 0.3) is 0 Å². The highest BCUT2D eigenvalue weighted by molar-refractivity contribution is 5.87. The summed E-state index contributed by atoms with van der Waals surface area (Å²) >= 11 is 0. The highest BCUT2D eigenvalue weighted by atomic mass is 16.7. The molecule has 1 heterocycles. The third kappa shape index (κ3) is 15.4. The van der Waals surface area contributed by atoms with E-state index < -0.39 is 23.5 Å². The minimum absolute atomic E-state index is 0.0216. The van der Waals surface area contributed by atoms with Crippen LogP contribution in [0, 0.1) is 11.3 Å². The lowest BCUT2D eigenvalue weighted by Gasteiger charge is -2.35. The first-order valence-electron chi connectivity index (χ1n) is 23.9. The fourth-order valence-corrected chi connectivity index (χ4v) is 8.90. The van der Waals surface area contributed by atoms with Crippen molar-refractivity contribution in [3.63, 3.8) is 0 Å². The molecule has 2 aliphatic rings. The Labute approximate surface area is 378 Å². The number of benzene rings is 3. The van der Waals surface area contributed by atoms with Crippen molar-refractivity contribution in [2.75, 3.05) is 33.0 Å². The number of hydrogen-bond acceptors (Lipinski definition) is 8. The largest absolute Gasteiger partial charge is 0.508 e. The molecular formula is C55H74O8. The molecule has 3 aromatic carbocycles. The predicted molar refractivity (Wildman–Crippen MR) is 253 cm³/mol. The molecule has 1 aliphatic heterocycles. The molecule has 1 saturated heterocycles. The lowest BCUT2D eigenvalue weighted by molar-refractivity contribution is -0.151. The van der Waals surface area contributed by atoms with Gasteiger partial charge in [0.2, 0.25) is 0 Å². The topological polar surface area (TPSA) is 97.4 Å². The summed E-state index contributed by atoms with van der Waals surface area (Å²) in [5, 5.41) is 0. The summed E-state index contributed by atoms with van der Waals surface area (Å²) < 4.78 is 27.8. The highest BCUT2D eigenvalue weighted by Gasteiger charge is 2.41. The zero-order chi connectivity index (χ0) is 45.0. The van der Waals surface area contributed by atoms with Gasteiger partial charge in [-0.15, -0.1) is 0 Å². The Morgan fingerprint density at radius 1 is 0.667 bits per heavy atom. The molecule has 63 heavy (non-hydrogen) atoms. The van der Waals surface area contributed by atoms with Gasteiger partial charge in [-0.1, -0.05) is 140 Å². The number of carbonyl (C=O) groups excluding carboxylic acids is 3. The van der Waals surface area contributed by atoms with E-state index in [1.807, 2.05) is 6.07 Å². The Hall–Kier alpha value is -4.85. The van der Waals surface area contributed by atoms with Crippen molar-refractivity contribution in [1.29, 1.82) is 0 Å². The van der Waals surface area contributed by atoms with Crippen LogP contribution in [0.15, 0.2) is 85.0 Å². The number of cyclic esters (lactones) is 2. The van der Waals surface area contributed by atoms with Gasteiger partial charge in [0, 0.05) is 11.1 Å². The van der Waals surface area contributed by atoms with Crippen LogP contribution in [0.2, 0.25) is 0 Å². The van der Waals surface area contributed by atoms with E-state index in [0.29, 0.717) is 36.7 Å². The molecule has 2 fully saturated rings. The first-order chi connectivity index (χ1) is 30.5. The Morgan fingerprint density at radius 2 is 1.27 bits per heavy atom. The second-order valence-electron chi connectivity index (χ2n) is 18.4. The van der Waals surface area contributed by atoms with Gasteiger partial charge in [-0.05, 0) is 128 Å². The van der Waals surface area contributed by atoms with Crippen LogP contribution in [0.1, 0.15) is 153 Å². The highest BCUT2D eigenvalue weighted by Crippen LogP contribution is 2.39. The molecule has 1 saturated carbocycles. The van der Waals surface area contributed by atoms with Crippen molar-refractivity contribution < 1.29 is 38.1 Å². The number of unbranched alkanes of at least 4 members (excludes halogenated alkanes) is 9. The molecule has 1 aliphatic carbocycles. The van der Waals surface area contributed by atoms with Crippen LogP contribution in [-0.4, -0.2) is 51.1 Å². The number of esters is 2. The molecule has 0 amide bonds. The average molecular weight is 863 g/mol. The Balaban J connectivity index is 1.23. The number of rotatable bonds is 26. The van der Waals surface area contributed by atoms with Gasteiger partial charge in [0.1, 0.15) is 37.6 Å². The number of carbonyl (C=O) groups is 3. The summed E-state index contributed by atoms with van der Waals surface area (Å²) in [5.74, 6) is 1.31. The van der Waals surface area contributed by atoms with Crippen LogP contribution < -0.4 is 4.74 Å². The summed E-state index contributed by atoms with van der Waals surface area (Å²) in [5.41, 5.74) is 8.16. The second kappa shape index (κ2) is 25.4. The normalized spacial score (nSPS) is 17.0. The van der Waals surface area contributed by atoms with E-state index in [1.54, 1.807) is 13.8 Å². The Kier molecular flexibility index (Phi) is 19.9. The van der Waals surface area contributed by atoms with Gasteiger partial charge >= 0.3 is 18.1 Å². The maximum Gasteiger partial charge on any atom is 0.508 e. The van der Waals surface area contributed by atoms with Gasteiger partial charge in [0.05, 0.1) is 6.61 Å². The minimum atomic E-state index is -0.902. The molecule has 0 atom stereocenters. The maximum atomic E-state index is 12.3. The number of aryl methyl sites for hydroxylation is 2. The Bertz CT molecular complexity index is 1940. The van der Waals surface area contributed by atoms with Crippen molar-refractivity contribution in [3.05, 3.63) is 102 Å². The standard InChI is InChI=1S/C55H74O8/c1-7-9-10-11-12-13-14-15-16-19-42-21-23-44(24-22-42)45-25-27-46(28-26-45)47-29-31-50(43(8-2)34-47)48-30-32-51(49(35-48)20-17-18-33-59-52(56)40(3)4)60-36-55(37-61-53(57)41(5)6)38-62-54(58)63-39-55/h25-32,34-35,42,44H,3,5,7-24,33,36-39H2,1-2,4,6H3. The molecule has 0 N–H and O–H groups in total. The van der Waals surface area contributed by atoms with Gasteiger partial charge in [0.15, 0.2) is 0 Å². The molecule has 8 nitrogen and oxygen atoms in total. The van der Waals surface area contributed by atoms with Gasteiger partial charge in [-0.2, -0.15) is 0 Å². The molecule has 0 aromatic heterocycles. The number of hydrogen-bond donors (Lipinski definition) is 0. The maximum absolute atomic E-state index is 12.3. The quantitative estimate of drug-likeness (QED) is 0.0341. The van der Waals surface area contributed by atoms with E-state index in [4.69, 9.17) is 23.7 Å². The van der Waals surface area contributed by atoms with E-state index in [9.17, 15) is 14.4 Å². The van der Waals surface area contributed by atoms with Crippen LogP contribution in [0.25, 0.3) is 22.3 Å². The number of ether oxygens (including phenoxy) is 5. The zero-order valence-corrected chi connectivity index (χ0v) is 38.9. The molecule has 0 bridgehead atoms. The van der Waals surface area contributed by atoms with Crippen molar-refractivity contribution in [2.24, 2.45) is 11.3 Å². The van der Waals surface area contributed by atoms with Crippen LogP contribution in [-0.2, 0) is 41.4 Å². The third-order valence-electron chi connectivity index (χ3n) is 12.9. The molecular weight excluding hydrogens is 789 g/mol.